The van der Waals surface area contributed by atoms with E-state index in [2.05, 4.69) is 5.32 Å². The molecule has 3 N–H and O–H groups in total. The lowest BCUT2D eigenvalue weighted by molar-refractivity contribution is 0.0959. The van der Waals surface area contributed by atoms with Crippen LogP contribution in [-0.4, -0.2) is 17.4 Å². The lowest BCUT2D eigenvalue weighted by Gasteiger charge is -2.01. The molecule has 1 rings (SSSR count). The van der Waals surface area contributed by atoms with Gasteiger partial charge in [0.15, 0.2) is 0 Å². The highest BCUT2D eigenvalue weighted by molar-refractivity contribution is 7.80. The van der Waals surface area contributed by atoms with Gasteiger partial charge in [0.1, 0.15) is 0 Å². The molecule has 15 heavy (non-hydrogen) atoms. The molecule has 1 aromatic rings. The zero-order valence-corrected chi connectivity index (χ0v) is 10.4. The van der Waals surface area contributed by atoms with Gasteiger partial charge >= 0.3 is 0 Å². The normalized spacial score (nSPS) is 10.0. The van der Waals surface area contributed by atoms with Gasteiger partial charge in [-0.25, -0.2) is 0 Å². The van der Waals surface area contributed by atoms with E-state index in [1.165, 1.54) is 16.2 Å². The molecular formula is C10H14N2OS2. The zero-order valence-electron chi connectivity index (χ0n) is 8.79. The predicted molar refractivity (Wildman–Crippen MR) is 67.5 cm³/mol. The minimum absolute atomic E-state index is 0.0487. The quantitative estimate of drug-likeness (QED) is 0.791. The molecular weight excluding hydrogens is 228 g/mol. The van der Waals surface area contributed by atoms with Crippen LogP contribution in [0, 0.1) is 13.8 Å². The molecule has 0 atom stereocenters. The fourth-order valence-corrected chi connectivity index (χ4v) is 2.12. The van der Waals surface area contributed by atoms with Crippen LogP contribution in [0.25, 0.3) is 0 Å². The van der Waals surface area contributed by atoms with Crippen molar-refractivity contribution in [2.45, 2.75) is 20.3 Å². The maximum atomic E-state index is 11.6. The average molecular weight is 242 g/mol. The molecule has 0 saturated heterocycles. The highest BCUT2D eigenvalue weighted by Gasteiger charge is 2.09. The number of nitrogens with one attached hydrogen (secondary N) is 1. The van der Waals surface area contributed by atoms with E-state index in [1.807, 2.05) is 19.9 Å². The first-order chi connectivity index (χ1) is 7.00. The highest BCUT2D eigenvalue weighted by atomic mass is 32.1. The van der Waals surface area contributed by atoms with Crippen molar-refractivity contribution in [1.29, 1.82) is 0 Å². The fraction of sp³-hybridized carbons (Fsp3) is 0.400. The number of thiocarbonyl (C=S) groups is 1. The number of carbonyl (C=O) groups excluding carboxylic acids is 1. The van der Waals surface area contributed by atoms with Gasteiger partial charge in [-0.3, -0.25) is 4.79 Å². The second-order valence-corrected chi connectivity index (χ2v) is 5.10. The number of hydrogen-bond acceptors (Lipinski definition) is 3. The predicted octanol–water partition coefficient (Wildman–Crippen LogP) is 1.77. The Hall–Kier alpha value is -0.940. The SMILES string of the molecule is Cc1cc(C(=O)NCCC(N)=S)sc1C. The van der Waals surface area contributed by atoms with Crippen LogP contribution in [0.5, 0.6) is 0 Å². The summed E-state index contributed by atoms with van der Waals surface area (Å²) in [5, 5.41) is 2.77. The number of nitrogens with two attached hydrogens (primary N) is 1. The molecule has 0 radical (unpaired) electrons. The number of aryl methyl sites for hydroxylation is 2. The summed E-state index contributed by atoms with van der Waals surface area (Å²) in [4.78, 5) is 14.0. The smallest absolute Gasteiger partial charge is 0.261 e. The Morgan fingerprint density at radius 3 is 2.73 bits per heavy atom. The Kier molecular flexibility index (Phi) is 4.23. The van der Waals surface area contributed by atoms with Gasteiger partial charge in [0.05, 0.1) is 9.87 Å². The van der Waals surface area contributed by atoms with Crippen molar-refractivity contribution < 1.29 is 4.79 Å². The summed E-state index contributed by atoms with van der Waals surface area (Å²) in [7, 11) is 0. The first kappa shape index (κ1) is 12.1. The maximum Gasteiger partial charge on any atom is 0.261 e. The highest BCUT2D eigenvalue weighted by Crippen LogP contribution is 2.20. The minimum Gasteiger partial charge on any atom is -0.393 e. The third-order valence-electron chi connectivity index (χ3n) is 2.05. The van der Waals surface area contributed by atoms with Gasteiger partial charge in [-0.2, -0.15) is 0 Å². The third kappa shape index (κ3) is 3.60. The van der Waals surface area contributed by atoms with E-state index in [4.69, 9.17) is 18.0 Å². The Bertz CT molecular complexity index is 365. The first-order valence-corrected chi connectivity index (χ1v) is 5.86. The van der Waals surface area contributed by atoms with Crippen LogP contribution >= 0.6 is 23.6 Å². The molecule has 0 saturated carbocycles. The van der Waals surface area contributed by atoms with Gasteiger partial charge in [0.25, 0.3) is 5.91 Å². The van der Waals surface area contributed by atoms with E-state index in [0.717, 1.165) is 10.4 Å². The van der Waals surface area contributed by atoms with Crippen LogP contribution in [0.3, 0.4) is 0 Å². The van der Waals surface area contributed by atoms with Crippen LogP contribution in [0.4, 0.5) is 0 Å². The van der Waals surface area contributed by atoms with Crippen molar-refractivity contribution in [1.82, 2.24) is 5.32 Å². The molecule has 0 spiro atoms. The molecule has 0 aliphatic carbocycles. The Morgan fingerprint density at radius 1 is 1.60 bits per heavy atom. The van der Waals surface area contributed by atoms with Crippen molar-refractivity contribution in [2.75, 3.05) is 6.54 Å². The summed E-state index contributed by atoms with van der Waals surface area (Å²) in [6.45, 7) is 4.51. The van der Waals surface area contributed by atoms with Crippen molar-refractivity contribution in [3.05, 3.63) is 21.4 Å². The number of rotatable bonds is 4. The van der Waals surface area contributed by atoms with E-state index in [-0.39, 0.29) is 5.91 Å². The number of carbonyl (C=O) groups is 1. The molecule has 5 heteroatoms. The monoisotopic (exact) mass is 242 g/mol. The number of hydrogen-bond donors (Lipinski definition) is 2. The summed E-state index contributed by atoms with van der Waals surface area (Å²) in [6, 6.07) is 1.90. The fourth-order valence-electron chi connectivity index (χ4n) is 1.07. The van der Waals surface area contributed by atoms with Crippen LogP contribution in [-0.2, 0) is 0 Å². The lowest BCUT2D eigenvalue weighted by atomic mass is 10.3. The lowest BCUT2D eigenvalue weighted by Crippen LogP contribution is -2.26. The van der Waals surface area contributed by atoms with E-state index in [9.17, 15) is 4.79 Å². The molecule has 1 heterocycles. The Labute approximate surface area is 98.7 Å². The Balaban J connectivity index is 2.50. The second-order valence-electron chi connectivity index (χ2n) is 3.32. The zero-order chi connectivity index (χ0) is 11.4. The van der Waals surface area contributed by atoms with E-state index in [1.54, 1.807) is 0 Å². The maximum absolute atomic E-state index is 11.6. The number of amides is 1. The van der Waals surface area contributed by atoms with Crippen LogP contribution in [0.1, 0.15) is 26.5 Å². The topological polar surface area (TPSA) is 55.1 Å². The molecule has 0 aliphatic rings. The molecule has 0 aromatic carbocycles. The van der Waals surface area contributed by atoms with Crippen molar-refractivity contribution in [3.8, 4) is 0 Å². The standard InChI is InChI=1S/C10H14N2OS2/c1-6-5-8(15-7(6)2)10(13)12-4-3-9(11)14/h5H,3-4H2,1-2H3,(H2,11,14)(H,12,13). The molecule has 1 aromatic heterocycles. The molecule has 0 unspecified atom stereocenters. The summed E-state index contributed by atoms with van der Waals surface area (Å²) in [5.74, 6) is -0.0487. The first-order valence-electron chi connectivity index (χ1n) is 4.64. The van der Waals surface area contributed by atoms with Gasteiger partial charge in [-0.15, -0.1) is 11.3 Å². The van der Waals surface area contributed by atoms with Crippen molar-refractivity contribution >= 4 is 34.5 Å². The summed E-state index contributed by atoms with van der Waals surface area (Å²) < 4.78 is 0. The van der Waals surface area contributed by atoms with E-state index < -0.39 is 0 Å². The second kappa shape index (κ2) is 5.23. The summed E-state index contributed by atoms with van der Waals surface area (Å²) in [5.41, 5.74) is 6.48. The number of thiophene rings is 1. The van der Waals surface area contributed by atoms with Crippen molar-refractivity contribution in [3.63, 3.8) is 0 Å². The van der Waals surface area contributed by atoms with Gasteiger partial charge in [-0.1, -0.05) is 12.2 Å². The van der Waals surface area contributed by atoms with Gasteiger partial charge in [0.2, 0.25) is 0 Å². The minimum atomic E-state index is -0.0487. The Morgan fingerprint density at radius 2 is 2.27 bits per heavy atom. The van der Waals surface area contributed by atoms with Crippen LogP contribution in [0.15, 0.2) is 6.07 Å². The molecule has 0 bridgehead atoms. The van der Waals surface area contributed by atoms with Crippen LogP contribution < -0.4 is 11.1 Å². The van der Waals surface area contributed by atoms with Gasteiger partial charge < -0.3 is 11.1 Å². The summed E-state index contributed by atoms with van der Waals surface area (Å²) >= 11 is 6.22. The molecule has 82 valence electrons. The largest absolute Gasteiger partial charge is 0.393 e. The average Bonchev–Trinajstić information content (AvgIpc) is 2.46. The third-order valence-corrected chi connectivity index (χ3v) is 3.40. The molecule has 3 nitrogen and oxygen atoms in total. The van der Waals surface area contributed by atoms with Crippen molar-refractivity contribution in [2.24, 2.45) is 5.73 Å². The molecule has 0 aliphatic heterocycles. The van der Waals surface area contributed by atoms with E-state index in [0.29, 0.717) is 18.0 Å². The van der Waals surface area contributed by atoms with Gasteiger partial charge in [-0.05, 0) is 25.5 Å². The molecule has 0 fully saturated rings. The van der Waals surface area contributed by atoms with Gasteiger partial charge in [0, 0.05) is 17.8 Å². The summed E-state index contributed by atoms with van der Waals surface area (Å²) in [6.07, 6.45) is 0.546. The van der Waals surface area contributed by atoms with E-state index >= 15 is 0 Å². The van der Waals surface area contributed by atoms with Crippen LogP contribution in [0.2, 0.25) is 0 Å². The molecule has 1 amide bonds.